The first-order chi connectivity index (χ1) is 38.9. The lowest BCUT2D eigenvalue weighted by atomic mass is 9.72. The normalized spacial score (nSPS) is 20.5. The van der Waals surface area contributed by atoms with E-state index < -0.39 is 61.1 Å². The van der Waals surface area contributed by atoms with E-state index in [1.807, 2.05) is 18.2 Å². The van der Waals surface area contributed by atoms with Gasteiger partial charge in [-0.2, -0.15) is 0 Å². The van der Waals surface area contributed by atoms with E-state index in [0.29, 0.717) is 67.4 Å². The number of carbonyl (C=O) groups excluding carboxylic acids is 5. The third kappa shape index (κ3) is 11.7. The number of aromatic nitrogens is 2. The number of piperazine rings is 1. The van der Waals surface area contributed by atoms with Crippen molar-refractivity contribution in [1.29, 1.82) is 0 Å². The number of nitro groups is 1. The van der Waals surface area contributed by atoms with Crippen LogP contribution in [0.5, 0.6) is 11.5 Å². The molecule has 3 fully saturated rings. The van der Waals surface area contributed by atoms with E-state index in [2.05, 4.69) is 66.4 Å². The number of pyridine rings is 1. The van der Waals surface area contributed by atoms with E-state index in [1.165, 1.54) is 41.1 Å². The second-order valence-electron chi connectivity index (χ2n) is 22.4. The molecule has 5 N–H and O–H groups in total. The third-order valence-electron chi connectivity index (χ3n) is 16.3. The number of carbonyl (C=O) groups is 5. The highest BCUT2D eigenvalue weighted by Crippen LogP contribution is 2.44. The van der Waals surface area contributed by atoms with Gasteiger partial charge in [0, 0.05) is 91.8 Å². The van der Waals surface area contributed by atoms with Crippen LogP contribution < -0.4 is 30.3 Å². The van der Waals surface area contributed by atoms with Crippen LogP contribution in [0, 0.1) is 21.4 Å². The predicted molar refractivity (Wildman–Crippen MR) is 306 cm³/mol. The summed E-state index contributed by atoms with van der Waals surface area (Å²) in [4.78, 5) is 89.9. The first-order valence-electron chi connectivity index (χ1n) is 27.3. The molecule has 5 heterocycles. The number of halogens is 1. The zero-order valence-electron chi connectivity index (χ0n) is 44.8. The van der Waals surface area contributed by atoms with Gasteiger partial charge in [0.05, 0.1) is 32.7 Å². The smallest absolute Gasteiger partial charge is 0.293 e. The Hall–Kier alpha value is -8.14. The quantitative estimate of drug-likeness (QED) is 0.0344. The van der Waals surface area contributed by atoms with Crippen LogP contribution in [0.2, 0.25) is 5.02 Å². The van der Waals surface area contributed by atoms with Crippen molar-refractivity contribution in [3.8, 4) is 11.5 Å². The first kappa shape index (κ1) is 54.8. The molecule has 3 aliphatic heterocycles. The van der Waals surface area contributed by atoms with Gasteiger partial charge in [-0.15, -0.1) is 0 Å². The topological polar surface area (TPSA) is 258 Å². The average molecular weight is 1140 g/mol. The van der Waals surface area contributed by atoms with Gasteiger partial charge in [-0.3, -0.25) is 49.2 Å². The lowest BCUT2D eigenvalue weighted by molar-refractivity contribution is -0.384. The van der Waals surface area contributed by atoms with Gasteiger partial charge in [0.1, 0.15) is 28.9 Å². The minimum absolute atomic E-state index is 0.0151. The molecule has 1 atom stereocenters. The molecule has 1 unspecified atom stereocenters. The summed E-state index contributed by atoms with van der Waals surface area (Å²) in [7, 11) is -4.67. The van der Waals surface area contributed by atoms with E-state index in [1.54, 1.807) is 42.6 Å². The maximum absolute atomic E-state index is 14.2. The van der Waals surface area contributed by atoms with Gasteiger partial charge < -0.3 is 25.3 Å². The molecule has 0 spiro atoms. The first-order valence-corrected chi connectivity index (χ1v) is 29.1. The van der Waals surface area contributed by atoms with Gasteiger partial charge in [0.2, 0.25) is 11.8 Å². The van der Waals surface area contributed by atoms with Crippen LogP contribution in [0.25, 0.3) is 16.6 Å². The number of nitro benzene ring substituents is 1. The maximum atomic E-state index is 14.2. The Balaban J connectivity index is 0.736. The molecule has 0 bridgehead atoms. The second kappa shape index (κ2) is 22.4. The van der Waals surface area contributed by atoms with Crippen LogP contribution in [0.3, 0.4) is 0 Å². The summed E-state index contributed by atoms with van der Waals surface area (Å²) in [5.41, 5.74) is 6.01. The molecule has 22 heteroatoms. The van der Waals surface area contributed by atoms with E-state index in [-0.39, 0.29) is 58.3 Å². The lowest BCUT2D eigenvalue weighted by Gasteiger charge is -2.39. The number of fused-ring (bicyclic) bond motifs is 2. The van der Waals surface area contributed by atoms with E-state index >= 15 is 0 Å². The predicted octanol–water partition coefficient (Wildman–Crippen LogP) is 9.31. The molecule has 11 rings (SSSR count). The van der Waals surface area contributed by atoms with Crippen molar-refractivity contribution < 1.29 is 42.1 Å². The Bertz CT molecular complexity index is 3660. The number of piperidine rings is 1. The molecular formula is C59H61ClN10O10S. The minimum Gasteiger partial charge on any atom is -0.455 e. The molecule has 20 nitrogen and oxygen atoms in total. The molecule has 0 radical (unpaired) electrons. The number of amides is 5. The number of aromatic amines is 1. The molecule has 81 heavy (non-hydrogen) atoms. The van der Waals surface area contributed by atoms with Gasteiger partial charge >= 0.3 is 0 Å². The number of hydrogen-bond donors (Lipinski definition) is 5. The van der Waals surface area contributed by atoms with Crippen molar-refractivity contribution in [2.75, 3.05) is 54.8 Å². The number of nitrogens with one attached hydrogen (secondary N) is 5. The molecular weight excluding hydrogens is 1080 g/mol. The number of nitrogens with zero attached hydrogens (tertiary/aromatic N) is 5. The molecule has 5 amide bonds. The maximum Gasteiger partial charge on any atom is 0.293 e. The number of hydrogen-bond acceptors (Lipinski definition) is 15. The molecule has 6 aromatic rings. The van der Waals surface area contributed by atoms with Crippen molar-refractivity contribution in [3.05, 3.63) is 146 Å². The Kier molecular flexibility index (Phi) is 15.2. The summed E-state index contributed by atoms with van der Waals surface area (Å²) < 4.78 is 36.4. The number of benzene rings is 4. The Morgan fingerprint density at radius 3 is 2.42 bits per heavy atom. The van der Waals surface area contributed by atoms with Crippen LogP contribution in [0.1, 0.15) is 108 Å². The van der Waals surface area contributed by atoms with Gasteiger partial charge in [0.15, 0.2) is 0 Å². The number of sulfonamides is 1. The number of imide groups is 2. The van der Waals surface area contributed by atoms with Crippen LogP contribution >= 0.6 is 11.6 Å². The van der Waals surface area contributed by atoms with Gasteiger partial charge in [-0.1, -0.05) is 49.2 Å². The summed E-state index contributed by atoms with van der Waals surface area (Å²) in [5, 5.41) is 22.7. The van der Waals surface area contributed by atoms with E-state index in [0.717, 1.165) is 60.9 Å². The highest BCUT2D eigenvalue weighted by Gasteiger charge is 2.46. The molecule has 1 saturated carbocycles. The number of ether oxygens (including phenoxy) is 1. The zero-order chi connectivity index (χ0) is 56.7. The molecule has 2 aromatic heterocycles. The van der Waals surface area contributed by atoms with Crippen molar-refractivity contribution in [2.45, 2.75) is 88.6 Å². The van der Waals surface area contributed by atoms with Crippen molar-refractivity contribution in [3.63, 3.8) is 0 Å². The summed E-state index contributed by atoms with van der Waals surface area (Å²) in [6, 6.07) is 23.9. The van der Waals surface area contributed by atoms with Crippen LogP contribution in [-0.2, 0) is 19.6 Å². The number of H-pyrrole nitrogens is 1. The fraction of sp³-hybridized carbons (Fsp3) is 0.356. The van der Waals surface area contributed by atoms with Crippen molar-refractivity contribution >= 4 is 90.5 Å². The monoisotopic (exact) mass is 1140 g/mol. The van der Waals surface area contributed by atoms with Crippen molar-refractivity contribution in [2.24, 2.45) is 11.3 Å². The van der Waals surface area contributed by atoms with Crippen LogP contribution in [0.15, 0.2) is 114 Å². The Labute approximate surface area is 472 Å². The largest absolute Gasteiger partial charge is 0.455 e. The second-order valence-corrected chi connectivity index (χ2v) is 24.5. The van der Waals surface area contributed by atoms with Gasteiger partial charge in [-0.05, 0) is 134 Å². The standard InChI is InChI=1S/C59H61ClN10O10S/c1-59(2)22-20-38(46(31-59)36-8-10-39(60)11-9-36)34-67-24-26-68(27-25-67)41-14-16-44(51(29-41)80-42-28-37-21-23-61-54(37)63-33-42)55(72)66-81(78,79)43-15-17-47(50(30-43)70(76)77)62-32-35-6-12-40(13-7-35)64-48-5-3-4-45-53(48)58(75)69(57(45)74)49-18-19-52(71)65-56(49)73/h3-5,8-11,14-17,21,23,28-30,33,35,40,49,62,64H,6-7,12-13,18-20,22,24-27,31-32,34H2,1-2H3,(H,61,63)(H,66,72)(H,65,71,73)/t35-,40-,49?. The summed E-state index contributed by atoms with van der Waals surface area (Å²) >= 11 is 6.26. The highest BCUT2D eigenvalue weighted by atomic mass is 35.5. The Morgan fingerprint density at radius 2 is 1.67 bits per heavy atom. The summed E-state index contributed by atoms with van der Waals surface area (Å²) in [6.07, 6.45) is 9.18. The van der Waals surface area contributed by atoms with E-state index in [4.69, 9.17) is 16.3 Å². The molecule has 2 aliphatic carbocycles. The van der Waals surface area contributed by atoms with Crippen molar-refractivity contribution in [1.82, 2.24) is 29.8 Å². The third-order valence-corrected chi connectivity index (χ3v) is 17.9. The fourth-order valence-corrected chi connectivity index (χ4v) is 12.9. The Morgan fingerprint density at radius 1 is 0.889 bits per heavy atom. The average Bonchev–Trinajstić information content (AvgIpc) is 4.06. The molecule has 2 saturated heterocycles. The molecule has 4 aromatic carbocycles. The molecule has 420 valence electrons. The number of anilines is 3. The van der Waals surface area contributed by atoms with Crippen LogP contribution in [0.4, 0.5) is 22.7 Å². The fourth-order valence-electron chi connectivity index (χ4n) is 11.8. The van der Waals surface area contributed by atoms with Crippen LogP contribution in [-0.4, -0.2) is 114 Å². The SMILES string of the molecule is CC1(C)CCC(CN2CCN(c3ccc(C(=O)NS(=O)(=O)c4ccc(NC[C@H]5CC[C@H](Nc6cccc7c6C(=O)N(C6CCC(=O)NC6=O)C7=O)CC5)c([N+](=O)[O-])c4)c(Oc4cnc5[nH]ccc5c4)c3)CC2)=C(c2ccc(Cl)cc2)C1. The number of rotatable bonds is 16. The summed E-state index contributed by atoms with van der Waals surface area (Å²) in [5.74, 6) is -2.84. The zero-order valence-corrected chi connectivity index (χ0v) is 46.3. The minimum atomic E-state index is -4.67. The number of allylic oxidation sites excluding steroid dienone is 1. The van der Waals surface area contributed by atoms with Gasteiger partial charge in [-0.25, -0.2) is 18.1 Å². The summed E-state index contributed by atoms with van der Waals surface area (Å²) in [6.45, 7) is 8.80. The van der Waals surface area contributed by atoms with E-state index in [9.17, 15) is 42.5 Å². The lowest BCUT2D eigenvalue weighted by Crippen LogP contribution is -2.54. The van der Waals surface area contributed by atoms with Gasteiger partial charge in [0.25, 0.3) is 33.4 Å². The highest BCUT2D eigenvalue weighted by molar-refractivity contribution is 7.90. The molecule has 5 aliphatic rings.